The summed E-state index contributed by atoms with van der Waals surface area (Å²) in [6.45, 7) is 0.839. The Bertz CT molecular complexity index is 698. The van der Waals surface area contributed by atoms with E-state index in [1.807, 2.05) is 12.1 Å². The minimum atomic E-state index is -0.0668. The number of benzene rings is 1. The first kappa shape index (κ1) is 15.5. The Morgan fingerprint density at radius 3 is 2.88 bits per heavy atom. The van der Waals surface area contributed by atoms with Gasteiger partial charge in [0.15, 0.2) is 0 Å². The first-order valence-corrected chi connectivity index (χ1v) is 9.68. The van der Waals surface area contributed by atoms with Gasteiger partial charge in [-0.3, -0.25) is 0 Å². The number of amides is 2. The molecule has 1 aromatic carbocycles. The molecule has 1 saturated heterocycles. The highest BCUT2D eigenvalue weighted by Gasteiger charge is 2.65. The highest BCUT2D eigenvalue weighted by molar-refractivity contribution is 5.75. The number of hydrogen-bond acceptors (Lipinski definition) is 3. The zero-order valence-electron chi connectivity index (χ0n) is 14.5. The molecule has 0 bridgehead atoms. The lowest BCUT2D eigenvalue weighted by atomic mass is 9.54. The van der Waals surface area contributed by atoms with Gasteiger partial charge in [-0.2, -0.15) is 0 Å². The lowest BCUT2D eigenvalue weighted by Gasteiger charge is -2.56. The predicted molar refractivity (Wildman–Crippen MR) is 93.4 cm³/mol. The maximum Gasteiger partial charge on any atom is 0.315 e. The van der Waals surface area contributed by atoms with Crippen molar-refractivity contribution >= 4 is 6.03 Å². The summed E-state index contributed by atoms with van der Waals surface area (Å²) in [4.78, 5) is 12.7. The average molecular weight is 342 g/mol. The highest BCUT2D eigenvalue weighted by atomic mass is 16.5. The Morgan fingerprint density at radius 2 is 2.04 bits per heavy atom. The number of rotatable bonds is 2. The molecule has 1 heterocycles. The second-order valence-corrected chi connectivity index (χ2v) is 8.22. The number of ether oxygens (including phenoxy) is 1. The van der Waals surface area contributed by atoms with Crippen molar-refractivity contribution < 1.29 is 14.6 Å². The van der Waals surface area contributed by atoms with Gasteiger partial charge in [-0.1, -0.05) is 25.0 Å². The molecule has 1 spiro atoms. The fraction of sp³-hybridized carbons (Fsp3) is 0.650. The highest BCUT2D eigenvalue weighted by Crippen LogP contribution is 2.60. The summed E-state index contributed by atoms with van der Waals surface area (Å²) in [5.41, 5.74) is 2.22. The van der Waals surface area contributed by atoms with Crippen LogP contribution in [0.3, 0.4) is 0 Å². The Morgan fingerprint density at radius 1 is 1.20 bits per heavy atom. The van der Waals surface area contributed by atoms with E-state index in [1.165, 1.54) is 25.7 Å². The largest absolute Gasteiger partial charge is 0.508 e. The third kappa shape index (κ3) is 2.21. The fourth-order valence-corrected chi connectivity index (χ4v) is 6.03. The molecule has 25 heavy (non-hydrogen) atoms. The van der Waals surface area contributed by atoms with Crippen molar-refractivity contribution in [3.63, 3.8) is 0 Å². The van der Waals surface area contributed by atoms with Crippen LogP contribution in [0.1, 0.15) is 55.7 Å². The first-order chi connectivity index (χ1) is 12.2. The van der Waals surface area contributed by atoms with Gasteiger partial charge in [0.25, 0.3) is 0 Å². The number of phenolic OH excluding ortho intramolecular Hbond substituents is 1. The van der Waals surface area contributed by atoms with E-state index >= 15 is 0 Å². The molecule has 0 radical (unpaired) electrons. The van der Waals surface area contributed by atoms with Gasteiger partial charge in [0.1, 0.15) is 5.75 Å². The molecule has 4 atom stereocenters. The van der Waals surface area contributed by atoms with Crippen molar-refractivity contribution in [2.24, 2.45) is 11.3 Å². The van der Waals surface area contributed by atoms with Crippen LogP contribution in [0.25, 0.3) is 0 Å². The number of urea groups is 1. The van der Waals surface area contributed by atoms with E-state index in [1.54, 1.807) is 6.07 Å². The summed E-state index contributed by atoms with van der Waals surface area (Å²) in [5.74, 6) is 0.834. The monoisotopic (exact) mass is 342 g/mol. The third-order valence-electron chi connectivity index (χ3n) is 7.12. The second kappa shape index (κ2) is 5.63. The molecule has 134 valence electrons. The van der Waals surface area contributed by atoms with E-state index < -0.39 is 0 Å². The van der Waals surface area contributed by atoms with Gasteiger partial charge in [0.2, 0.25) is 0 Å². The molecule has 2 saturated carbocycles. The van der Waals surface area contributed by atoms with Gasteiger partial charge >= 0.3 is 6.03 Å². The molecule has 3 fully saturated rings. The first-order valence-electron chi connectivity index (χ1n) is 9.68. The smallest absolute Gasteiger partial charge is 0.315 e. The number of fused-ring (bicyclic) bond motifs is 3. The molecule has 5 heteroatoms. The van der Waals surface area contributed by atoms with E-state index in [-0.39, 0.29) is 23.5 Å². The Hall–Kier alpha value is -1.75. The third-order valence-corrected chi connectivity index (χ3v) is 7.12. The normalized spacial score (nSPS) is 34.4. The summed E-state index contributed by atoms with van der Waals surface area (Å²) < 4.78 is 6.00. The standard InChI is InChI=1S/C20H26N2O3/c23-16-5-3-4-12-13(16)6-7-15(12)21-19(24)22-17-14-8-11-25-18(14)20(17)9-1-2-10-20/h3-5,14-15,17-18,23H,1-2,6-11H2,(H2,21,22,24)/t14-,15-,17-,18-/m1/s1. The summed E-state index contributed by atoms with van der Waals surface area (Å²) >= 11 is 0. The maximum absolute atomic E-state index is 12.7. The van der Waals surface area contributed by atoms with Gasteiger partial charge in [0.05, 0.1) is 12.1 Å². The van der Waals surface area contributed by atoms with Gasteiger partial charge < -0.3 is 20.5 Å². The Balaban J connectivity index is 1.28. The quantitative estimate of drug-likeness (QED) is 0.774. The number of phenols is 1. The van der Waals surface area contributed by atoms with Crippen molar-refractivity contribution in [3.8, 4) is 5.75 Å². The molecule has 5 rings (SSSR count). The number of nitrogens with one attached hydrogen (secondary N) is 2. The lowest BCUT2D eigenvalue weighted by molar-refractivity contribution is -0.126. The molecule has 0 aromatic heterocycles. The minimum absolute atomic E-state index is 0.00247. The summed E-state index contributed by atoms with van der Waals surface area (Å²) in [7, 11) is 0. The topological polar surface area (TPSA) is 70.6 Å². The maximum atomic E-state index is 12.7. The van der Waals surface area contributed by atoms with E-state index in [4.69, 9.17) is 4.74 Å². The number of hydrogen-bond donors (Lipinski definition) is 3. The van der Waals surface area contributed by atoms with Crippen LogP contribution in [0.2, 0.25) is 0 Å². The molecule has 3 aliphatic carbocycles. The van der Waals surface area contributed by atoms with Crippen LogP contribution in [0.15, 0.2) is 18.2 Å². The fourth-order valence-electron chi connectivity index (χ4n) is 6.03. The average Bonchev–Trinajstić information content (AvgIpc) is 3.32. The van der Waals surface area contributed by atoms with Crippen LogP contribution in [-0.4, -0.2) is 29.9 Å². The molecule has 1 aromatic rings. The molecule has 5 nitrogen and oxygen atoms in total. The summed E-state index contributed by atoms with van der Waals surface area (Å²) in [5, 5.41) is 16.4. The molecule has 1 aliphatic heterocycles. The van der Waals surface area contributed by atoms with Crippen LogP contribution in [0.4, 0.5) is 4.79 Å². The zero-order chi connectivity index (χ0) is 17.0. The van der Waals surface area contributed by atoms with Crippen LogP contribution in [-0.2, 0) is 11.2 Å². The Labute approximate surface area is 148 Å². The van der Waals surface area contributed by atoms with Crippen molar-refractivity contribution in [1.29, 1.82) is 0 Å². The van der Waals surface area contributed by atoms with Crippen LogP contribution >= 0.6 is 0 Å². The van der Waals surface area contributed by atoms with Gasteiger partial charge in [0, 0.05) is 24.0 Å². The van der Waals surface area contributed by atoms with E-state index in [9.17, 15) is 9.90 Å². The Kier molecular flexibility index (Phi) is 3.49. The lowest BCUT2D eigenvalue weighted by Crippen LogP contribution is -2.69. The molecule has 2 amide bonds. The van der Waals surface area contributed by atoms with Crippen LogP contribution < -0.4 is 10.6 Å². The second-order valence-electron chi connectivity index (χ2n) is 8.22. The molecular formula is C20H26N2O3. The van der Waals surface area contributed by atoms with Crippen molar-refractivity contribution in [2.75, 3.05) is 6.61 Å². The number of aromatic hydroxyl groups is 1. The minimum Gasteiger partial charge on any atom is -0.508 e. The predicted octanol–water partition coefficient (Wildman–Crippen LogP) is 3.03. The van der Waals surface area contributed by atoms with Gasteiger partial charge in [-0.05, 0) is 49.3 Å². The van der Waals surface area contributed by atoms with E-state index in [0.29, 0.717) is 17.8 Å². The van der Waals surface area contributed by atoms with Crippen LogP contribution in [0, 0.1) is 11.3 Å². The van der Waals surface area contributed by atoms with Crippen molar-refractivity contribution in [3.05, 3.63) is 29.3 Å². The number of carbonyl (C=O) groups excluding carboxylic acids is 1. The SMILES string of the molecule is O=C(N[C@@H]1[C@H]2CCO[C@H]2C12CCCC2)N[C@@H]1CCc2c(O)cccc21. The zero-order valence-corrected chi connectivity index (χ0v) is 14.5. The summed E-state index contributed by atoms with van der Waals surface area (Å²) in [6.07, 6.45) is 7.97. The molecule has 3 N–H and O–H groups in total. The molecular weight excluding hydrogens is 316 g/mol. The van der Waals surface area contributed by atoms with Crippen molar-refractivity contribution in [1.82, 2.24) is 10.6 Å². The van der Waals surface area contributed by atoms with E-state index in [0.717, 1.165) is 37.0 Å². The van der Waals surface area contributed by atoms with Crippen LogP contribution in [0.5, 0.6) is 5.75 Å². The van der Waals surface area contributed by atoms with E-state index in [2.05, 4.69) is 10.6 Å². The van der Waals surface area contributed by atoms with Gasteiger partial charge in [-0.15, -0.1) is 0 Å². The molecule has 4 aliphatic rings. The van der Waals surface area contributed by atoms with Gasteiger partial charge in [-0.25, -0.2) is 4.79 Å². The summed E-state index contributed by atoms with van der Waals surface area (Å²) in [6, 6.07) is 5.77. The molecule has 0 unspecified atom stereocenters. The number of carbonyl (C=O) groups is 1. The van der Waals surface area contributed by atoms with Crippen molar-refractivity contribution in [2.45, 2.75) is 63.1 Å².